The second kappa shape index (κ2) is 6.05. The molecule has 1 aromatic carbocycles. The average Bonchev–Trinajstić information content (AvgIpc) is 2.79. The Bertz CT molecular complexity index is 562. The van der Waals surface area contributed by atoms with Crippen molar-refractivity contribution in [3.63, 3.8) is 0 Å². The van der Waals surface area contributed by atoms with Gasteiger partial charge in [-0.1, -0.05) is 12.1 Å². The molecule has 0 spiro atoms. The van der Waals surface area contributed by atoms with E-state index in [0.717, 1.165) is 17.4 Å². The fraction of sp³-hybridized carbons (Fsp3) is 0.467. The highest BCUT2D eigenvalue weighted by molar-refractivity contribution is 5.29. The Morgan fingerprint density at radius 1 is 1.20 bits per heavy atom. The molecule has 0 bridgehead atoms. The van der Waals surface area contributed by atoms with E-state index in [1.165, 1.54) is 5.56 Å². The zero-order valence-corrected chi connectivity index (χ0v) is 12.7. The maximum Gasteiger partial charge on any atom is 0.147 e. The molecule has 0 aliphatic rings. The van der Waals surface area contributed by atoms with Crippen LogP contribution >= 0.6 is 0 Å². The molecular weight excluding hydrogens is 252 g/mol. The van der Waals surface area contributed by atoms with E-state index in [1.54, 1.807) is 7.11 Å². The third kappa shape index (κ3) is 2.82. The summed E-state index contributed by atoms with van der Waals surface area (Å²) in [4.78, 5) is 4.37. The Morgan fingerprint density at radius 3 is 2.30 bits per heavy atom. The number of hydrogen-bond acceptors (Lipinski definition) is 4. The lowest BCUT2D eigenvalue weighted by Crippen LogP contribution is -2.27. The molecule has 0 saturated heterocycles. The fourth-order valence-corrected chi connectivity index (χ4v) is 2.56. The molecule has 2 rings (SSSR count). The summed E-state index contributed by atoms with van der Waals surface area (Å²) in [6.45, 7) is 6.04. The third-order valence-electron chi connectivity index (χ3n) is 3.56. The molecule has 0 fully saturated rings. The van der Waals surface area contributed by atoms with Crippen LogP contribution in [0.25, 0.3) is 0 Å². The number of rotatable bonds is 5. The lowest BCUT2D eigenvalue weighted by atomic mass is 10.0. The highest BCUT2D eigenvalue weighted by atomic mass is 16.5. The summed E-state index contributed by atoms with van der Waals surface area (Å²) in [5.41, 5.74) is 1.20. The van der Waals surface area contributed by atoms with Crippen molar-refractivity contribution in [1.29, 1.82) is 0 Å². The van der Waals surface area contributed by atoms with Crippen LogP contribution in [0.4, 0.5) is 0 Å². The lowest BCUT2D eigenvalue weighted by Gasteiger charge is -2.25. The number of nitrogens with one attached hydrogen (secondary N) is 1. The smallest absolute Gasteiger partial charge is 0.147 e. The zero-order chi connectivity index (χ0) is 14.7. The second-order valence-corrected chi connectivity index (χ2v) is 4.93. The summed E-state index contributed by atoms with van der Waals surface area (Å²) in [5, 5.41) is 7.84. The SMILES string of the molecule is CNC(c1ccc(OC)cc1)C(C)n1nc(C)nc1C. The maximum atomic E-state index is 5.20. The molecule has 2 atom stereocenters. The first kappa shape index (κ1) is 14.5. The molecule has 0 saturated carbocycles. The van der Waals surface area contributed by atoms with Crippen LogP contribution in [0.3, 0.4) is 0 Å². The number of likely N-dealkylation sites (N-methyl/N-ethyl adjacent to an activating group) is 1. The van der Waals surface area contributed by atoms with Gasteiger partial charge in [-0.3, -0.25) is 0 Å². The largest absolute Gasteiger partial charge is 0.497 e. The van der Waals surface area contributed by atoms with Gasteiger partial charge in [0.25, 0.3) is 0 Å². The van der Waals surface area contributed by atoms with E-state index in [9.17, 15) is 0 Å². The number of methoxy groups -OCH3 is 1. The van der Waals surface area contributed by atoms with Crippen LogP contribution in [0.5, 0.6) is 5.75 Å². The van der Waals surface area contributed by atoms with Crippen molar-refractivity contribution in [2.75, 3.05) is 14.2 Å². The third-order valence-corrected chi connectivity index (χ3v) is 3.56. The molecule has 0 amide bonds. The molecule has 0 aliphatic carbocycles. The van der Waals surface area contributed by atoms with Gasteiger partial charge in [-0.25, -0.2) is 9.67 Å². The predicted molar refractivity (Wildman–Crippen MR) is 79.0 cm³/mol. The van der Waals surface area contributed by atoms with Crippen LogP contribution in [-0.2, 0) is 0 Å². The predicted octanol–water partition coefficient (Wildman–Crippen LogP) is 2.43. The van der Waals surface area contributed by atoms with E-state index in [4.69, 9.17) is 4.74 Å². The van der Waals surface area contributed by atoms with Crippen molar-refractivity contribution in [1.82, 2.24) is 20.1 Å². The van der Waals surface area contributed by atoms with Gasteiger partial charge in [-0.15, -0.1) is 0 Å². The number of nitrogens with zero attached hydrogens (tertiary/aromatic N) is 3. The van der Waals surface area contributed by atoms with Gasteiger partial charge >= 0.3 is 0 Å². The molecule has 1 aromatic heterocycles. The quantitative estimate of drug-likeness (QED) is 0.909. The fourth-order valence-electron chi connectivity index (χ4n) is 2.56. The molecule has 2 unspecified atom stereocenters. The van der Waals surface area contributed by atoms with Gasteiger partial charge in [0.15, 0.2) is 0 Å². The summed E-state index contributed by atoms with van der Waals surface area (Å²) < 4.78 is 7.18. The normalized spacial score (nSPS) is 14.1. The van der Waals surface area contributed by atoms with Crippen LogP contribution < -0.4 is 10.1 Å². The lowest BCUT2D eigenvalue weighted by molar-refractivity contribution is 0.363. The van der Waals surface area contributed by atoms with Crippen molar-refractivity contribution in [2.24, 2.45) is 0 Å². The number of aromatic nitrogens is 3. The summed E-state index contributed by atoms with van der Waals surface area (Å²) in [6, 6.07) is 8.46. The number of aryl methyl sites for hydroxylation is 2. The van der Waals surface area contributed by atoms with E-state index >= 15 is 0 Å². The molecular formula is C15H22N4O. The Kier molecular flexibility index (Phi) is 4.39. The van der Waals surface area contributed by atoms with Crippen molar-refractivity contribution in [3.05, 3.63) is 41.5 Å². The highest BCUT2D eigenvalue weighted by Crippen LogP contribution is 2.27. The van der Waals surface area contributed by atoms with E-state index < -0.39 is 0 Å². The van der Waals surface area contributed by atoms with Crippen LogP contribution in [0.15, 0.2) is 24.3 Å². The van der Waals surface area contributed by atoms with Crippen molar-refractivity contribution in [3.8, 4) is 5.75 Å². The molecule has 1 N–H and O–H groups in total. The molecule has 0 radical (unpaired) electrons. The van der Waals surface area contributed by atoms with Crippen LogP contribution in [-0.4, -0.2) is 28.9 Å². The molecule has 5 heteroatoms. The van der Waals surface area contributed by atoms with Gasteiger partial charge in [0.1, 0.15) is 17.4 Å². The van der Waals surface area contributed by atoms with Gasteiger partial charge in [0.2, 0.25) is 0 Å². The van der Waals surface area contributed by atoms with Crippen molar-refractivity contribution < 1.29 is 4.74 Å². The van der Waals surface area contributed by atoms with E-state index in [-0.39, 0.29) is 12.1 Å². The van der Waals surface area contributed by atoms with Crippen LogP contribution in [0, 0.1) is 13.8 Å². The number of hydrogen-bond donors (Lipinski definition) is 1. The first-order valence-electron chi connectivity index (χ1n) is 6.77. The molecule has 1 heterocycles. The second-order valence-electron chi connectivity index (χ2n) is 4.93. The van der Waals surface area contributed by atoms with Gasteiger partial charge in [-0.2, -0.15) is 5.10 Å². The summed E-state index contributed by atoms with van der Waals surface area (Å²) >= 11 is 0. The molecule has 20 heavy (non-hydrogen) atoms. The Morgan fingerprint density at radius 2 is 1.85 bits per heavy atom. The summed E-state index contributed by atoms with van der Waals surface area (Å²) in [6.07, 6.45) is 0. The van der Waals surface area contributed by atoms with Gasteiger partial charge in [-0.05, 0) is 45.5 Å². The first-order valence-corrected chi connectivity index (χ1v) is 6.77. The minimum Gasteiger partial charge on any atom is -0.497 e. The highest BCUT2D eigenvalue weighted by Gasteiger charge is 2.21. The van der Waals surface area contributed by atoms with Crippen LogP contribution in [0.2, 0.25) is 0 Å². The van der Waals surface area contributed by atoms with Crippen LogP contribution in [0.1, 0.15) is 36.2 Å². The van der Waals surface area contributed by atoms with Gasteiger partial charge in [0, 0.05) is 0 Å². The minimum absolute atomic E-state index is 0.167. The Labute approximate surface area is 120 Å². The topological polar surface area (TPSA) is 52.0 Å². The first-order chi connectivity index (χ1) is 9.56. The molecule has 108 valence electrons. The van der Waals surface area contributed by atoms with E-state index in [2.05, 4.69) is 34.5 Å². The molecule has 2 aromatic rings. The zero-order valence-electron chi connectivity index (χ0n) is 12.7. The molecule has 5 nitrogen and oxygen atoms in total. The minimum atomic E-state index is 0.167. The monoisotopic (exact) mass is 274 g/mol. The van der Waals surface area contributed by atoms with Crippen molar-refractivity contribution in [2.45, 2.75) is 32.9 Å². The molecule has 0 aliphatic heterocycles. The Hall–Kier alpha value is -1.88. The number of benzene rings is 1. The number of ether oxygens (including phenoxy) is 1. The van der Waals surface area contributed by atoms with E-state index in [0.29, 0.717) is 0 Å². The van der Waals surface area contributed by atoms with Gasteiger partial charge in [0.05, 0.1) is 19.2 Å². The maximum absolute atomic E-state index is 5.20. The van der Waals surface area contributed by atoms with E-state index in [1.807, 2.05) is 37.7 Å². The van der Waals surface area contributed by atoms with Crippen molar-refractivity contribution >= 4 is 0 Å². The van der Waals surface area contributed by atoms with Gasteiger partial charge < -0.3 is 10.1 Å². The standard InChI is InChI=1S/C15H22N4O/c1-10(19-12(3)17-11(2)18-19)15(16-4)13-6-8-14(20-5)9-7-13/h6-10,15-16H,1-5H3. The average molecular weight is 274 g/mol. The summed E-state index contributed by atoms with van der Waals surface area (Å²) in [5.74, 6) is 2.60. The Balaban J connectivity index is 2.28. The summed E-state index contributed by atoms with van der Waals surface area (Å²) in [7, 11) is 3.64.